The van der Waals surface area contributed by atoms with Crippen LogP contribution in [-0.4, -0.2) is 51.4 Å². The van der Waals surface area contributed by atoms with Gasteiger partial charge in [-0.05, 0) is 6.07 Å². The first-order valence-electron chi connectivity index (χ1n) is 6.47. The van der Waals surface area contributed by atoms with Crippen molar-refractivity contribution < 1.29 is 14.4 Å². The molecular weight excluding hydrogens is 262 g/mol. The number of nitro groups is 1. The number of anilines is 1. The molecule has 1 atom stereocenters. The van der Waals surface area contributed by atoms with Gasteiger partial charge in [-0.2, -0.15) is 0 Å². The molecule has 1 unspecified atom stereocenters. The van der Waals surface area contributed by atoms with Gasteiger partial charge in [0.15, 0.2) is 5.75 Å². The lowest BCUT2D eigenvalue weighted by Gasteiger charge is -2.29. The molecule has 7 heteroatoms. The van der Waals surface area contributed by atoms with Gasteiger partial charge >= 0.3 is 5.69 Å². The average Bonchev–Trinajstić information content (AvgIpc) is 2.47. The summed E-state index contributed by atoms with van der Waals surface area (Å²) in [7, 11) is 3.36. The number of hydrogen-bond acceptors (Lipinski definition) is 6. The Morgan fingerprint density at radius 1 is 1.60 bits per heavy atom. The third kappa shape index (κ3) is 3.37. The number of morpholine rings is 1. The second-order valence-electron chi connectivity index (χ2n) is 4.69. The van der Waals surface area contributed by atoms with E-state index in [0.29, 0.717) is 13.2 Å². The molecule has 1 heterocycles. The van der Waals surface area contributed by atoms with E-state index in [-0.39, 0.29) is 17.5 Å². The lowest BCUT2D eigenvalue weighted by molar-refractivity contribution is -0.385. The summed E-state index contributed by atoms with van der Waals surface area (Å²) >= 11 is 0. The van der Waals surface area contributed by atoms with Crippen LogP contribution in [0.4, 0.5) is 11.4 Å². The molecule has 2 rings (SSSR count). The molecule has 0 aliphatic carbocycles. The van der Waals surface area contributed by atoms with Crippen molar-refractivity contribution in [1.82, 2.24) is 5.32 Å². The number of benzene rings is 1. The van der Waals surface area contributed by atoms with Crippen LogP contribution >= 0.6 is 0 Å². The highest BCUT2D eigenvalue weighted by Gasteiger charge is 2.19. The fraction of sp³-hybridized carbons (Fsp3) is 0.538. The lowest BCUT2D eigenvalue weighted by atomic mass is 10.2. The minimum atomic E-state index is -0.448. The van der Waals surface area contributed by atoms with Gasteiger partial charge in [0, 0.05) is 44.5 Å². The maximum atomic E-state index is 10.9. The van der Waals surface area contributed by atoms with Gasteiger partial charge in [-0.15, -0.1) is 0 Å². The van der Waals surface area contributed by atoms with Crippen molar-refractivity contribution in [3.8, 4) is 5.75 Å². The molecular formula is C13H19N3O4. The van der Waals surface area contributed by atoms with Crippen molar-refractivity contribution in [1.29, 1.82) is 0 Å². The highest BCUT2D eigenvalue weighted by atomic mass is 16.6. The molecule has 110 valence electrons. The number of likely N-dealkylation sites (N-methyl/N-ethyl adjacent to an activating group) is 1. The number of nitrogens with one attached hydrogen (secondary N) is 1. The SMILES string of the molecule is COc1cc(N(C)CC2CNCCO2)ccc1[N+](=O)[O-]. The van der Waals surface area contributed by atoms with Crippen LogP contribution in [0.5, 0.6) is 5.75 Å². The van der Waals surface area contributed by atoms with Crippen LogP contribution in [0.1, 0.15) is 0 Å². The number of nitro benzene ring substituents is 1. The zero-order valence-corrected chi connectivity index (χ0v) is 11.7. The Morgan fingerprint density at radius 3 is 3.00 bits per heavy atom. The van der Waals surface area contributed by atoms with Crippen LogP contribution in [0.25, 0.3) is 0 Å². The van der Waals surface area contributed by atoms with E-state index in [1.807, 2.05) is 11.9 Å². The topological polar surface area (TPSA) is 76.9 Å². The van der Waals surface area contributed by atoms with Crippen LogP contribution in [0.2, 0.25) is 0 Å². The smallest absolute Gasteiger partial charge is 0.311 e. The molecule has 1 aromatic rings. The molecule has 1 aliphatic heterocycles. The van der Waals surface area contributed by atoms with Crippen LogP contribution < -0.4 is 15.0 Å². The van der Waals surface area contributed by atoms with Crippen molar-refractivity contribution >= 4 is 11.4 Å². The van der Waals surface area contributed by atoms with Gasteiger partial charge in [0.2, 0.25) is 0 Å². The van der Waals surface area contributed by atoms with Crippen molar-refractivity contribution in [2.45, 2.75) is 6.10 Å². The molecule has 1 aromatic carbocycles. The predicted molar refractivity (Wildman–Crippen MR) is 75.5 cm³/mol. The molecule has 0 amide bonds. The quantitative estimate of drug-likeness (QED) is 0.641. The van der Waals surface area contributed by atoms with Gasteiger partial charge in [0.25, 0.3) is 0 Å². The minimum Gasteiger partial charge on any atom is -0.490 e. The Hall–Kier alpha value is -1.86. The first-order chi connectivity index (χ1) is 9.61. The van der Waals surface area contributed by atoms with Crippen molar-refractivity contribution in [3.63, 3.8) is 0 Å². The van der Waals surface area contributed by atoms with E-state index < -0.39 is 4.92 Å². The largest absolute Gasteiger partial charge is 0.490 e. The first-order valence-corrected chi connectivity index (χ1v) is 6.47. The van der Waals surface area contributed by atoms with Crippen LogP contribution in [0.3, 0.4) is 0 Å². The summed E-state index contributed by atoms with van der Waals surface area (Å²) in [4.78, 5) is 12.4. The Balaban J connectivity index is 2.09. The molecule has 0 saturated carbocycles. The Labute approximate surface area is 117 Å². The fourth-order valence-corrected chi connectivity index (χ4v) is 2.20. The van der Waals surface area contributed by atoms with Crippen LogP contribution in [-0.2, 0) is 4.74 Å². The fourth-order valence-electron chi connectivity index (χ4n) is 2.20. The van der Waals surface area contributed by atoms with Crippen LogP contribution in [0, 0.1) is 10.1 Å². The number of ether oxygens (including phenoxy) is 2. The summed E-state index contributed by atoms with van der Waals surface area (Å²) in [5, 5.41) is 14.1. The van der Waals surface area contributed by atoms with Gasteiger partial charge < -0.3 is 19.7 Å². The summed E-state index contributed by atoms with van der Waals surface area (Å²) in [5.41, 5.74) is 0.835. The summed E-state index contributed by atoms with van der Waals surface area (Å²) < 4.78 is 10.7. The standard InChI is InChI=1S/C13H19N3O4/c1-15(9-11-8-14-5-6-20-11)10-3-4-12(16(17)18)13(7-10)19-2/h3-4,7,11,14H,5-6,8-9H2,1-2H3. The number of nitrogens with zero attached hydrogens (tertiary/aromatic N) is 2. The highest BCUT2D eigenvalue weighted by Crippen LogP contribution is 2.31. The first kappa shape index (κ1) is 14.5. The van der Waals surface area contributed by atoms with Gasteiger partial charge in [-0.3, -0.25) is 10.1 Å². The maximum absolute atomic E-state index is 10.9. The lowest BCUT2D eigenvalue weighted by Crippen LogP contribution is -2.44. The van der Waals surface area contributed by atoms with Crippen molar-refractivity contribution in [2.24, 2.45) is 0 Å². The number of hydrogen-bond donors (Lipinski definition) is 1. The molecule has 1 fully saturated rings. The third-order valence-corrected chi connectivity index (χ3v) is 3.28. The molecule has 0 aromatic heterocycles. The molecule has 0 radical (unpaired) electrons. The third-order valence-electron chi connectivity index (χ3n) is 3.28. The van der Waals surface area contributed by atoms with E-state index >= 15 is 0 Å². The number of rotatable bonds is 5. The minimum absolute atomic E-state index is 0.0276. The normalized spacial score (nSPS) is 18.6. The molecule has 0 spiro atoms. The summed E-state index contributed by atoms with van der Waals surface area (Å²) in [6.07, 6.45) is 0.120. The zero-order valence-electron chi connectivity index (χ0n) is 11.7. The van der Waals surface area contributed by atoms with Gasteiger partial charge in [0.1, 0.15) is 0 Å². The molecule has 1 N–H and O–H groups in total. The van der Waals surface area contributed by atoms with Gasteiger partial charge in [0.05, 0.1) is 24.7 Å². The summed E-state index contributed by atoms with van der Waals surface area (Å²) in [5.74, 6) is 0.266. The highest BCUT2D eigenvalue weighted by molar-refractivity contribution is 5.59. The predicted octanol–water partition coefficient (Wildman–Crippen LogP) is 1.03. The molecule has 7 nitrogen and oxygen atoms in total. The van der Waals surface area contributed by atoms with Gasteiger partial charge in [-0.25, -0.2) is 0 Å². The van der Waals surface area contributed by atoms with E-state index in [0.717, 1.165) is 18.8 Å². The molecule has 20 heavy (non-hydrogen) atoms. The molecule has 1 aliphatic rings. The average molecular weight is 281 g/mol. The summed E-state index contributed by atoms with van der Waals surface area (Å²) in [6, 6.07) is 4.86. The van der Waals surface area contributed by atoms with E-state index in [1.165, 1.54) is 13.2 Å². The Kier molecular flexibility index (Phi) is 4.75. The van der Waals surface area contributed by atoms with Crippen LogP contribution in [0.15, 0.2) is 18.2 Å². The van der Waals surface area contributed by atoms with E-state index in [9.17, 15) is 10.1 Å². The summed E-state index contributed by atoms with van der Waals surface area (Å²) in [6.45, 7) is 3.12. The Bertz CT molecular complexity index is 475. The van der Waals surface area contributed by atoms with Gasteiger partial charge in [-0.1, -0.05) is 0 Å². The zero-order chi connectivity index (χ0) is 14.5. The number of methoxy groups -OCH3 is 1. The van der Waals surface area contributed by atoms with Crippen molar-refractivity contribution in [3.05, 3.63) is 28.3 Å². The monoisotopic (exact) mass is 281 g/mol. The second-order valence-corrected chi connectivity index (χ2v) is 4.69. The van der Waals surface area contributed by atoms with E-state index in [2.05, 4.69) is 5.32 Å². The maximum Gasteiger partial charge on any atom is 0.311 e. The van der Waals surface area contributed by atoms with E-state index in [1.54, 1.807) is 12.1 Å². The molecule has 1 saturated heterocycles. The second kappa shape index (κ2) is 6.53. The molecule has 0 bridgehead atoms. The van der Waals surface area contributed by atoms with E-state index in [4.69, 9.17) is 9.47 Å². The Morgan fingerprint density at radius 2 is 2.40 bits per heavy atom. The van der Waals surface area contributed by atoms with Crippen molar-refractivity contribution in [2.75, 3.05) is 45.3 Å².